The molecule has 0 saturated carbocycles. The molecule has 0 atom stereocenters. The van der Waals surface area contributed by atoms with Gasteiger partial charge in [-0.25, -0.2) is 4.98 Å². The van der Waals surface area contributed by atoms with E-state index in [-0.39, 0.29) is 11.2 Å². The van der Waals surface area contributed by atoms with E-state index < -0.39 is 7.12 Å². The van der Waals surface area contributed by atoms with Gasteiger partial charge >= 0.3 is 7.12 Å². The summed E-state index contributed by atoms with van der Waals surface area (Å²) < 4.78 is 12.1. The topological polar surface area (TPSA) is 47.1 Å². The first-order valence-electron chi connectivity index (χ1n) is 7.26. The van der Waals surface area contributed by atoms with E-state index in [1.54, 1.807) is 6.20 Å². The number of imidazole rings is 1. The third kappa shape index (κ3) is 2.52. The molecule has 1 fully saturated rings. The Morgan fingerprint density at radius 1 is 1.10 bits per heavy atom. The molecule has 1 aliphatic rings. The van der Waals surface area contributed by atoms with Crippen LogP contribution in [0.4, 0.5) is 0 Å². The Balaban J connectivity index is 1.87. The van der Waals surface area contributed by atoms with E-state index in [1.165, 1.54) is 5.56 Å². The normalized spacial score (nSPS) is 20.0. The molecule has 4 nitrogen and oxygen atoms in total. The SMILES string of the molecule is Cc1cccc(-c2ncc(B3OC(C)(C)C(C)(C)O3)[nH]2)c1. The number of rotatable bonds is 2. The Morgan fingerprint density at radius 2 is 1.76 bits per heavy atom. The molecular formula is C16H21BN2O2. The van der Waals surface area contributed by atoms with Crippen molar-refractivity contribution in [1.29, 1.82) is 0 Å². The molecule has 21 heavy (non-hydrogen) atoms. The van der Waals surface area contributed by atoms with Crippen molar-refractivity contribution in [3.63, 3.8) is 0 Å². The molecule has 1 aromatic heterocycles. The van der Waals surface area contributed by atoms with Gasteiger partial charge in [0.05, 0.1) is 16.8 Å². The molecular weight excluding hydrogens is 263 g/mol. The van der Waals surface area contributed by atoms with Crippen LogP contribution in [0.25, 0.3) is 11.4 Å². The number of hydrogen-bond acceptors (Lipinski definition) is 3. The van der Waals surface area contributed by atoms with Crippen LogP contribution >= 0.6 is 0 Å². The lowest BCUT2D eigenvalue weighted by molar-refractivity contribution is 0.00578. The highest BCUT2D eigenvalue weighted by Gasteiger charge is 2.52. The van der Waals surface area contributed by atoms with Crippen LogP contribution in [0.3, 0.4) is 0 Å². The zero-order valence-corrected chi connectivity index (χ0v) is 13.2. The summed E-state index contributed by atoms with van der Waals surface area (Å²) >= 11 is 0. The summed E-state index contributed by atoms with van der Waals surface area (Å²) in [6.45, 7) is 10.3. The maximum Gasteiger partial charge on any atom is 0.513 e. The van der Waals surface area contributed by atoms with E-state index in [9.17, 15) is 0 Å². The summed E-state index contributed by atoms with van der Waals surface area (Å²) in [7, 11) is -0.402. The van der Waals surface area contributed by atoms with Crippen molar-refractivity contribution < 1.29 is 9.31 Å². The Morgan fingerprint density at radius 3 is 2.38 bits per heavy atom. The van der Waals surface area contributed by atoms with Crippen molar-refractivity contribution in [2.45, 2.75) is 45.8 Å². The summed E-state index contributed by atoms with van der Waals surface area (Å²) in [5.74, 6) is 0.836. The second-order valence-electron chi connectivity index (χ2n) is 6.64. The van der Waals surface area contributed by atoms with Gasteiger partial charge in [-0.05, 0) is 40.7 Å². The summed E-state index contributed by atoms with van der Waals surface area (Å²) in [6.07, 6.45) is 1.79. The highest BCUT2D eigenvalue weighted by Crippen LogP contribution is 2.36. The number of benzene rings is 1. The first kappa shape index (κ1) is 14.4. The second kappa shape index (κ2) is 4.72. The molecule has 110 valence electrons. The number of nitrogens with one attached hydrogen (secondary N) is 1. The van der Waals surface area contributed by atoms with Crippen molar-refractivity contribution in [2.75, 3.05) is 0 Å². The molecule has 0 aliphatic carbocycles. The predicted molar refractivity (Wildman–Crippen MR) is 84.5 cm³/mol. The molecule has 0 spiro atoms. The van der Waals surface area contributed by atoms with Gasteiger partial charge < -0.3 is 14.3 Å². The molecule has 0 amide bonds. The van der Waals surface area contributed by atoms with E-state index >= 15 is 0 Å². The van der Waals surface area contributed by atoms with Crippen molar-refractivity contribution in [3.05, 3.63) is 36.0 Å². The molecule has 0 radical (unpaired) electrons. The minimum atomic E-state index is -0.402. The number of hydrogen-bond donors (Lipinski definition) is 1. The number of aryl methyl sites for hydroxylation is 1. The lowest BCUT2D eigenvalue weighted by atomic mass is 9.86. The van der Waals surface area contributed by atoms with E-state index in [0.717, 1.165) is 17.0 Å². The van der Waals surface area contributed by atoms with Crippen LogP contribution in [0, 0.1) is 6.92 Å². The highest BCUT2D eigenvalue weighted by molar-refractivity contribution is 6.61. The van der Waals surface area contributed by atoms with Crippen molar-refractivity contribution in [1.82, 2.24) is 9.97 Å². The van der Waals surface area contributed by atoms with E-state index in [4.69, 9.17) is 9.31 Å². The van der Waals surface area contributed by atoms with Gasteiger partial charge in [-0.1, -0.05) is 23.8 Å². The van der Waals surface area contributed by atoms with E-state index in [0.29, 0.717) is 0 Å². The molecule has 0 unspecified atom stereocenters. The standard InChI is InChI=1S/C16H21BN2O2/c1-11-7-6-8-12(9-11)14-18-10-13(19-14)17-20-15(2,3)16(4,5)21-17/h6-10H,1-5H3,(H,18,19). The Bertz CT molecular complexity index is 648. The van der Waals surface area contributed by atoms with Crippen molar-refractivity contribution >= 4 is 12.7 Å². The van der Waals surface area contributed by atoms with Crippen LogP contribution in [0.5, 0.6) is 0 Å². The van der Waals surface area contributed by atoms with Crippen LogP contribution in [0.2, 0.25) is 0 Å². The van der Waals surface area contributed by atoms with Crippen LogP contribution in [0.1, 0.15) is 33.3 Å². The molecule has 5 heteroatoms. The van der Waals surface area contributed by atoms with Gasteiger partial charge in [-0.15, -0.1) is 0 Å². The molecule has 0 bridgehead atoms. The van der Waals surface area contributed by atoms with E-state index in [2.05, 4.69) is 29.0 Å². The lowest BCUT2D eigenvalue weighted by Crippen LogP contribution is -2.41. The largest absolute Gasteiger partial charge is 0.513 e. The zero-order chi connectivity index (χ0) is 15.3. The van der Waals surface area contributed by atoms with Gasteiger partial charge in [0.1, 0.15) is 5.82 Å². The summed E-state index contributed by atoms with van der Waals surface area (Å²) in [5, 5.41) is 0. The Hall–Kier alpha value is -1.59. The summed E-state index contributed by atoms with van der Waals surface area (Å²) in [5.41, 5.74) is 2.45. The second-order valence-corrected chi connectivity index (χ2v) is 6.64. The monoisotopic (exact) mass is 284 g/mol. The number of H-pyrrole nitrogens is 1. The maximum atomic E-state index is 6.03. The van der Waals surface area contributed by atoms with Gasteiger partial charge in [0.25, 0.3) is 0 Å². The quantitative estimate of drug-likeness (QED) is 0.862. The molecule has 1 N–H and O–H groups in total. The smallest absolute Gasteiger partial charge is 0.398 e. The minimum absolute atomic E-state index is 0.341. The highest BCUT2D eigenvalue weighted by atomic mass is 16.7. The zero-order valence-electron chi connectivity index (χ0n) is 13.2. The average molecular weight is 284 g/mol. The third-order valence-corrected chi connectivity index (χ3v) is 4.39. The van der Waals surface area contributed by atoms with Crippen molar-refractivity contribution in [3.8, 4) is 11.4 Å². The molecule has 1 aromatic carbocycles. The van der Waals surface area contributed by atoms with Crippen LogP contribution in [0.15, 0.2) is 30.5 Å². The van der Waals surface area contributed by atoms with E-state index in [1.807, 2.05) is 39.8 Å². The van der Waals surface area contributed by atoms with Crippen molar-refractivity contribution in [2.24, 2.45) is 0 Å². The van der Waals surface area contributed by atoms with Gasteiger partial charge in [0.15, 0.2) is 0 Å². The van der Waals surface area contributed by atoms with Crippen LogP contribution in [-0.4, -0.2) is 28.3 Å². The summed E-state index contributed by atoms with van der Waals surface area (Å²) in [6, 6.07) is 8.25. The fraction of sp³-hybridized carbons (Fsp3) is 0.438. The number of nitrogens with zero attached hydrogens (tertiary/aromatic N) is 1. The molecule has 3 rings (SSSR count). The molecule has 1 saturated heterocycles. The number of aromatic amines is 1. The third-order valence-electron chi connectivity index (χ3n) is 4.39. The first-order valence-corrected chi connectivity index (χ1v) is 7.26. The summed E-state index contributed by atoms with van der Waals surface area (Å²) in [4.78, 5) is 7.77. The fourth-order valence-electron chi connectivity index (χ4n) is 2.36. The van der Waals surface area contributed by atoms with Gasteiger partial charge in [0.2, 0.25) is 0 Å². The predicted octanol–water partition coefficient (Wildman–Crippen LogP) is 2.68. The number of aromatic nitrogens is 2. The molecule has 2 aromatic rings. The fourth-order valence-corrected chi connectivity index (χ4v) is 2.36. The van der Waals surface area contributed by atoms with Gasteiger partial charge in [-0.3, -0.25) is 0 Å². The molecule has 1 aliphatic heterocycles. The molecule has 2 heterocycles. The van der Waals surface area contributed by atoms with Gasteiger partial charge in [0, 0.05) is 11.8 Å². The first-order chi connectivity index (χ1) is 9.78. The van der Waals surface area contributed by atoms with Gasteiger partial charge in [-0.2, -0.15) is 0 Å². The minimum Gasteiger partial charge on any atom is -0.398 e. The Kier molecular flexibility index (Phi) is 3.22. The average Bonchev–Trinajstić information content (AvgIpc) is 2.93. The Labute approximate surface area is 126 Å². The lowest BCUT2D eigenvalue weighted by Gasteiger charge is -2.32. The maximum absolute atomic E-state index is 6.03. The van der Waals surface area contributed by atoms with Crippen LogP contribution in [-0.2, 0) is 9.31 Å². The van der Waals surface area contributed by atoms with Crippen LogP contribution < -0.4 is 5.59 Å².